The van der Waals surface area contributed by atoms with Crippen molar-refractivity contribution in [3.63, 3.8) is 0 Å². The Morgan fingerprint density at radius 2 is 2.13 bits per heavy atom. The molecule has 0 unspecified atom stereocenters. The highest BCUT2D eigenvalue weighted by atomic mass is 16.2. The van der Waals surface area contributed by atoms with E-state index in [1.807, 2.05) is 20.0 Å². The molecule has 2 aliphatic heterocycles. The van der Waals surface area contributed by atoms with Gasteiger partial charge in [0.05, 0.1) is 5.69 Å². The molecule has 3 aliphatic rings. The van der Waals surface area contributed by atoms with E-state index in [2.05, 4.69) is 14.9 Å². The topological polar surface area (TPSA) is 41.4 Å². The van der Waals surface area contributed by atoms with E-state index in [1.165, 1.54) is 45.3 Å². The highest BCUT2D eigenvalue weighted by Gasteiger charge is 2.43. The van der Waals surface area contributed by atoms with Crippen molar-refractivity contribution >= 4 is 5.91 Å². The molecule has 4 rings (SSSR count). The number of carbonyl (C=O) groups excluding carboxylic acids is 1. The summed E-state index contributed by atoms with van der Waals surface area (Å²) in [4.78, 5) is 17.6. The molecule has 5 nitrogen and oxygen atoms in total. The second kappa shape index (κ2) is 5.62. The van der Waals surface area contributed by atoms with Crippen molar-refractivity contribution in [3.05, 3.63) is 17.5 Å². The molecule has 2 saturated heterocycles. The van der Waals surface area contributed by atoms with Crippen molar-refractivity contribution in [1.29, 1.82) is 0 Å². The van der Waals surface area contributed by atoms with Crippen LogP contribution in [0.25, 0.3) is 0 Å². The number of rotatable bonds is 3. The molecule has 1 aromatic rings. The first-order valence-electron chi connectivity index (χ1n) is 9.07. The van der Waals surface area contributed by atoms with Gasteiger partial charge in [-0.2, -0.15) is 5.10 Å². The smallest absolute Gasteiger partial charge is 0.272 e. The van der Waals surface area contributed by atoms with Gasteiger partial charge in [0.2, 0.25) is 0 Å². The maximum atomic E-state index is 12.8. The second-order valence-electron chi connectivity index (χ2n) is 8.05. The number of hydrogen-bond acceptors (Lipinski definition) is 3. The molecule has 1 aromatic heterocycles. The molecule has 0 bridgehead atoms. The lowest BCUT2D eigenvalue weighted by Gasteiger charge is -2.40. The zero-order valence-corrected chi connectivity index (χ0v) is 14.4. The van der Waals surface area contributed by atoms with Crippen molar-refractivity contribution in [2.24, 2.45) is 18.4 Å². The van der Waals surface area contributed by atoms with E-state index >= 15 is 0 Å². The van der Waals surface area contributed by atoms with E-state index < -0.39 is 0 Å². The third-order valence-corrected chi connectivity index (χ3v) is 5.90. The van der Waals surface area contributed by atoms with E-state index in [1.54, 1.807) is 4.68 Å². The lowest BCUT2D eigenvalue weighted by atomic mass is 9.79. The summed E-state index contributed by atoms with van der Waals surface area (Å²) < 4.78 is 1.73. The molecule has 0 radical (unpaired) electrons. The van der Waals surface area contributed by atoms with Gasteiger partial charge >= 0.3 is 0 Å². The number of piperidine rings is 1. The first kappa shape index (κ1) is 15.2. The molecule has 1 spiro atoms. The third-order valence-electron chi connectivity index (χ3n) is 5.90. The number of amides is 1. The molecule has 1 aliphatic carbocycles. The average molecular weight is 316 g/mol. The third kappa shape index (κ3) is 3.03. The molecule has 1 amide bonds. The van der Waals surface area contributed by atoms with Crippen molar-refractivity contribution in [3.8, 4) is 0 Å². The molecule has 5 heteroatoms. The van der Waals surface area contributed by atoms with Gasteiger partial charge < -0.3 is 9.80 Å². The second-order valence-corrected chi connectivity index (χ2v) is 8.05. The van der Waals surface area contributed by atoms with E-state index in [9.17, 15) is 4.79 Å². The molecular formula is C18H28N4O. The minimum Gasteiger partial charge on any atom is -0.337 e. The van der Waals surface area contributed by atoms with E-state index in [4.69, 9.17) is 0 Å². The minimum absolute atomic E-state index is 0.157. The number of aromatic nitrogens is 2. The van der Waals surface area contributed by atoms with Gasteiger partial charge in [-0.1, -0.05) is 0 Å². The van der Waals surface area contributed by atoms with Crippen LogP contribution >= 0.6 is 0 Å². The highest BCUT2D eigenvalue weighted by Crippen LogP contribution is 2.41. The quantitative estimate of drug-likeness (QED) is 0.857. The summed E-state index contributed by atoms with van der Waals surface area (Å²) in [5.74, 6) is 1.12. The van der Waals surface area contributed by atoms with Crippen LogP contribution in [-0.4, -0.2) is 58.2 Å². The fraction of sp³-hybridized carbons (Fsp3) is 0.778. The number of likely N-dealkylation sites (tertiary alicyclic amines) is 2. The fourth-order valence-corrected chi connectivity index (χ4v) is 4.55. The number of nitrogens with zero attached hydrogens (tertiary/aromatic N) is 4. The normalized spacial score (nSPS) is 28.7. The Morgan fingerprint density at radius 1 is 1.30 bits per heavy atom. The lowest BCUT2D eigenvalue weighted by Crippen LogP contribution is -2.46. The molecule has 0 aromatic carbocycles. The van der Waals surface area contributed by atoms with Crippen LogP contribution in [0.3, 0.4) is 0 Å². The highest BCUT2D eigenvalue weighted by molar-refractivity contribution is 5.93. The van der Waals surface area contributed by atoms with Crippen molar-refractivity contribution in [1.82, 2.24) is 19.6 Å². The largest absolute Gasteiger partial charge is 0.337 e. The van der Waals surface area contributed by atoms with Crippen LogP contribution in [0.5, 0.6) is 0 Å². The SMILES string of the molecule is Cc1cc(C(=O)N2CC[C@@]3(CCCN(CC4CC4)C3)C2)n(C)n1. The summed E-state index contributed by atoms with van der Waals surface area (Å²) in [6.07, 6.45) is 6.58. The Hall–Kier alpha value is -1.36. The summed E-state index contributed by atoms with van der Waals surface area (Å²) in [6, 6.07) is 1.91. The van der Waals surface area contributed by atoms with E-state index in [0.717, 1.165) is 36.8 Å². The van der Waals surface area contributed by atoms with Crippen molar-refractivity contribution in [2.75, 3.05) is 32.7 Å². The minimum atomic E-state index is 0.157. The average Bonchev–Trinajstić information content (AvgIpc) is 3.13. The predicted octanol–water partition coefficient (Wildman–Crippen LogP) is 2.07. The maximum Gasteiger partial charge on any atom is 0.272 e. The zero-order chi connectivity index (χ0) is 16.0. The predicted molar refractivity (Wildman–Crippen MR) is 89.3 cm³/mol. The Labute approximate surface area is 138 Å². The van der Waals surface area contributed by atoms with Crippen LogP contribution in [0.4, 0.5) is 0 Å². The standard InChI is InChI=1S/C18H28N4O/c1-14-10-16(20(2)19-14)17(23)22-9-7-18(13-22)6-3-8-21(12-18)11-15-4-5-15/h10,15H,3-9,11-13H2,1-2H3/t18-/m1/s1. The van der Waals surface area contributed by atoms with Gasteiger partial charge in [0.25, 0.3) is 5.91 Å². The number of aryl methyl sites for hydroxylation is 2. The van der Waals surface area contributed by atoms with Crippen LogP contribution in [-0.2, 0) is 7.05 Å². The van der Waals surface area contributed by atoms with Gasteiger partial charge in [-0.3, -0.25) is 9.48 Å². The van der Waals surface area contributed by atoms with Gasteiger partial charge in [0.15, 0.2) is 0 Å². The summed E-state index contributed by atoms with van der Waals surface area (Å²) in [7, 11) is 1.87. The Balaban J connectivity index is 1.43. The number of hydrogen-bond donors (Lipinski definition) is 0. The summed E-state index contributed by atoms with van der Waals surface area (Å²) >= 11 is 0. The van der Waals surface area contributed by atoms with E-state index in [-0.39, 0.29) is 5.91 Å². The molecular weight excluding hydrogens is 288 g/mol. The first-order valence-corrected chi connectivity index (χ1v) is 9.07. The van der Waals surface area contributed by atoms with Crippen LogP contribution in [0.2, 0.25) is 0 Å². The van der Waals surface area contributed by atoms with Gasteiger partial charge in [0, 0.05) is 38.6 Å². The molecule has 3 fully saturated rings. The molecule has 1 saturated carbocycles. The van der Waals surface area contributed by atoms with Crippen molar-refractivity contribution < 1.29 is 4.79 Å². The molecule has 23 heavy (non-hydrogen) atoms. The lowest BCUT2D eigenvalue weighted by molar-refractivity contribution is 0.0673. The number of carbonyl (C=O) groups is 1. The summed E-state index contributed by atoms with van der Waals surface area (Å²) in [5, 5.41) is 4.32. The van der Waals surface area contributed by atoms with Gasteiger partial charge in [0.1, 0.15) is 5.69 Å². The van der Waals surface area contributed by atoms with Crippen LogP contribution in [0.15, 0.2) is 6.07 Å². The van der Waals surface area contributed by atoms with E-state index in [0.29, 0.717) is 5.41 Å². The summed E-state index contributed by atoms with van der Waals surface area (Å²) in [6.45, 7) is 7.51. The zero-order valence-electron chi connectivity index (χ0n) is 14.4. The van der Waals surface area contributed by atoms with Crippen molar-refractivity contribution in [2.45, 2.75) is 39.0 Å². The first-order chi connectivity index (χ1) is 11.0. The Morgan fingerprint density at radius 3 is 2.83 bits per heavy atom. The van der Waals surface area contributed by atoms with Gasteiger partial charge in [-0.05, 0) is 57.6 Å². The summed E-state index contributed by atoms with van der Waals surface area (Å²) in [5.41, 5.74) is 1.99. The Bertz CT molecular complexity index is 606. The van der Waals surface area contributed by atoms with Crippen LogP contribution in [0, 0.1) is 18.3 Å². The molecule has 126 valence electrons. The van der Waals surface area contributed by atoms with Gasteiger partial charge in [-0.25, -0.2) is 0 Å². The maximum absolute atomic E-state index is 12.8. The fourth-order valence-electron chi connectivity index (χ4n) is 4.55. The monoisotopic (exact) mass is 316 g/mol. The molecule has 3 heterocycles. The molecule has 1 atom stereocenters. The van der Waals surface area contributed by atoms with Gasteiger partial charge in [-0.15, -0.1) is 0 Å². The Kier molecular flexibility index (Phi) is 3.71. The molecule has 0 N–H and O–H groups in total. The van der Waals surface area contributed by atoms with Crippen LogP contribution in [0.1, 0.15) is 48.3 Å². The van der Waals surface area contributed by atoms with Crippen LogP contribution < -0.4 is 0 Å².